The van der Waals surface area contributed by atoms with Crippen LogP contribution in [0.3, 0.4) is 0 Å². The summed E-state index contributed by atoms with van der Waals surface area (Å²) < 4.78 is 70.4. The number of aromatic nitrogens is 3. The lowest BCUT2D eigenvalue weighted by molar-refractivity contribution is -0.0230. The van der Waals surface area contributed by atoms with E-state index < -0.39 is 28.2 Å². The molecule has 2 aromatic heterocycles. The lowest BCUT2D eigenvalue weighted by atomic mass is 10.3. The minimum absolute atomic E-state index is 0.0365. The Bertz CT molecular complexity index is 1090. The molecule has 10 heteroatoms. The zero-order valence-corrected chi connectivity index (χ0v) is 16.5. The van der Waals surface area contributed by atoms with E-state index in [-0.39, 0.29) is 27.8 Å². The maximum atomic E-state index is 13.2. The molecule has 0 radical (unpaired) electrons. The predicted molar refractivity (Wildman–Crippen MR) is 101 cm³/mol. The molecule has 2 heterocycles. The van der Waals surface area contributed by atoms with E-state index >= 15 is 0 Å². The number of rotatable bonds is 7. The van der Waals surface area contributed by atoms with Crippen molar-refractivity contribution in [3.63, 3.8) is 0 Å². The Kier molecular flexibility index (Phi) is 5.65. The van der Waals surface area contributed by atoms with Crippen molar-refractivity contribution in [3.8, 4) is 22.8 Å². The molecule has 3 aromatic rings. The maximum Gasteiger partial charge on any atom is 0.278 e. The van der Waals surface area contributed by atoms with Gasteiger partial charge < -0.3 is 4.74 Å². The molecule has 6 nitrogen and oxygen atoms in total. The normalized spacial score (nSPS) is 12.2. The molecule has 0 spiro atoms. The monoisotopic (exact) mass is 425 g/mol. The summed E-state index contributed by atoms with van der Waals surface area (Å²) in [4.78, 5) is 4.07. The number of sulfone groups is 1. The molecule has 3 rings (SSSR count). The van der Waals surface area contributed by atoms with E-state index in [1.165, 1.54) is 60.4 Å². The highest BCUT2D eigenvalue weighted by atomic mass is 32.2. The zero-order valence-electron chi connectivity index (χ0n) is 15.6. The first-order valence-corrected chi connectivity index (χ1v) is 10.3. The van der Waals surface area contributed by atoms with Crippen LogP contribution in [0.5, 0.6) is 5.75 Å². The van der Waals surface area contributed by atoms with Crippen LogP contribution in [-0.2, 0) is 9.84 Å². The fraction of sp³-hybridized carbons (Fsp3) is 0.263. The van der Waals surface area contributed by atoms with Gasteiger partial charge in [0.1, 0.15) is 22.2 Å². The lowest BCUT2D eigenvalue weighted by Crippen LogP contribution is -2.20. The number of nitrogens with zero attached hydrogens (tertiary/aromatic N) is 3. The maximum absolute atomic E-state index is 13.2. The van der Waals surface area contributed by atoms with Crippen molar-refractivity contribution in [1.82, 2.24) is 14.8 Å². The highest BCUT2D eigenvalue weighted by Crippen LogP contribution is 2.28. The van der Waals surface area contributed by atoms with Gasteiger partial charge >= 0.3 is 0 Å². The standard InChI is InChI=1S/C19H18F3N3O3S/c1-3-29(26,27)17-11-25(14-6-4-13(20)5-7-14)24-18(17)16-9-8-15(10-23-16)28-12-19(2,21)22/h4-11H,3,12H2,1-2H3. The van der Waals surface area contributed by atoms with Crippen molar-refractivity contribution in [3.05, 3.63) is 54.6 Å². The Morgan fingerprint density at radius 1 is 1.14 bits per heavy atom. The van der Waals surface area contributed by atoms with E-state index in [9.17, 15) is 21.6 Å². The van der Waals surface area contributed by atoms with Gasteiger partial charge in [0.05, 0.1) is 29.5 Å². The van der Waals surface area contributed by atoms with Crippen molar-refractivity contribution < 1.29 is 26.3 Å². The fourth-order valence-electron chi connectivity index (χ4n) is 2.46. The van der Waals surface area contributed by atoms with E-state index in [1.54, 1.807) is 0 Å². The molecular formula is C19H18F3N3O3S. The molecule has 0 bridgehead atoms. The Morgan fingerprint density at radius 2 is 1.83 bits per heavy atom. The van der Waals surface area contributed by atoms with Gasteiger partial charge in [0.2, 0.25) is 0 Å². The second kappa shape index (κ2) is 7.86. The van der Waals surface area contributed by atoms with E-state index in [4.69, 9.17) is 4.74 Å². The Morgan fingerprint density at radius 3 is 2.38 bits per heavy atom. The van der Waals surface area contributed by atoms with Gasteiger partial charge in [-0.05, 0) is 36.4 Å². The van der Waals surface area contributed by atoms with Gasteiger partial charge in [-0.25, -0.2) is 26.3 Å². The minimum Gasteiger partial charge on any atom is -0.486 e. The zero-order chi connectivity index (χ0) is 21.2. The number of alkyl halides is 2. The second-order valence-corrected chi connectivity index (χ2v) is 8.65. The summed E-state index contributed by atoms with van der Waals surface area (Å²) in [6.07, 6.45) is 2.56. The van der Waals surface area contributed by atoms with Crippen LogP contribution >= 0.6 is 0 Å². The second-order valence-electron chi connectivity index (χ2n) is 6.40. The first-order chi connectivity index (χ1) is 13.6. The first-order valence-electron chi connectivity index (χ1n) is 8.64. The highest BCUT2D eigenvalue weighted by Gasteiger charge is 2.24. The summed E-state index contributed by atoms with van der Waals surface area (Å²) in [5.74, 6) is -3.46. The number of ether oxygens (including phenoxy) is 1. The fourth-order valence-corrected chi connectivity index (χ4v) is 3.47. The van der Waals surface area contributed by atoms with Gasteiger partial charge in [-0.1, -0.05) is 6.92 Å². The van der Waals surface area contributed by atoms with Crippen molar-refractivity contribution in [1.29, 1.82) is 0 Å². The molecule has 0 amide bonds. The van der Waals surface area contributed by atoms with Crippen LogP contribution in [0, 0.1) is 5.82 Å². The molecule has 1 aromatic carbocycles. The molecule has 29 heavy (non-hydrogen) atoms. The third kappa shape index (κ3) is 4.94. The third-order valence-electron chi connectivity index (χ3n) is 3.96. The summed E-state index contributed by atoms with van der Waals surface area (Å²) >= 11 is 0. The van der Waals surface area contributed by atoms with Gasteiger partial charge in [-0.15, -0.1) is 0 Å². The van der Waals surface area contributed by atoms with Crippen LogP contribution in [0.25, 0.3) is 17.1 Å². The summed E-state index contributed by atoms with van der Waals surface area (Å²) in [6.45, 7) is 1.44. The molecule has 0 saturated carbocycles. The molecule has 0 aliphatic heterocycles. The van der Waals surface area contributed by atoms with Crippen molar-refractivity contribution in [2.75, 3.05) is 12.4 Å². The average molecular weight is 425 g/mol. The summed E-state index contributed by atoms with van der Waals surface area (Å²) in [7, 11) is -3.64. The van der Waals surface area contributed by atoms with Crippen molar-refractivity contribution in [2.24, 2.45) is 0 Å². The summed E-state index contributed by atoms with van der Waals surface area (Å²) in [5.41, 5.74) is 0.798. The number of pyridine rings is 1. The average Bonchev–Trinajstić information content (AvgIpc) is 3.13. The number of hydrogen-bond donors (Lipinski definition) is 0. The molecule has 0 fully saturated rings. The van der Waals surface area contributed by atoms with Crippen molar-refractivity contribution >= 4 is 9.84 Å². The highest BCUT2D eigenvalue weighted by molar-refractivity contribution is 7.91. The predicted octanol–water partition coefficient (Wildman–Crippen LogP) is 3.90. The van der Waals surface area contributed by atoms with Gasteiger partial charge in [-0.3, -0.25) is 4.98 Å². The van der Waals surface area contributed by atoms with Crippen molar-refractivity contribution in [2.45, 2.75) is 24.7 Å². The van der Waals surface area contributed by atoms with E-state index in [0.717, 1.165) is 6.92 Å². The van der Waals surface area contributed by atoms with Gasteiger partial charge in [0.25, 0.3) is 5.92 Å². The first kappa shape index (κ1) is 20.8. The molecule has 0 aliphatic carbocycles. The quantitative estimate of drug-likeness (QED) is 0.574. The van der Waals surface area contributed by atoms with E-state index in [0.29, 0.717) is 5.69 Å². The van der Waals surface area contributed by atoms with Gasteiger partial charge in [-0.2, -0.15) is 5.10 Å². The Labute approximate surface area is 165 Å². The minimum atomic E-state index is -3.64. The van der Waals surface area contributed by atoms with E-state index in [1.807, 2.05) is 0 Å². The van der Waals surface area contributed by atoms with Crippen LogP contribution in [0.1, 0.15) is 13.8 Å². The Hall–Kier alpha value is -2.88. The number of halogens is 3. The molecular weight excluding hydrogens is 407 g/mol. The molecule has 0 saturated heterocycles. The lowest BCUT2D eigenvalue weighted by Gasteiger charge is -2.11. The topological polar surface area (TPSA) is 74.1 Å². The summed E-state index contributed by atoms with van der Waals surface area (Å²) in [6, 6.07) is 8.24. The molecule has 0 aliphatic rings. The van der Waals surface area contributed by atoms with E-state index in [2.05, 4.69) is 10.1 Å². The molecule has 0 unspecified atom stereocenters. The molecule has 0 atom stereocenters. The van der Waals surface area contributed by atoms with Crippen LogP contribution < -0.4 is 4.74 Å². The third-order valence-corrected chi connectivity index (χ3v) is 5.69. The van der Waals surface area contributed by atoms with Gasteiger partial charge in [0, 0.05) is 6.92 Å². The van der Waals surface area contributed by atoms with Crippen LogP contribution in [0.2, 0.25) is 0 Å². The summed E-state index contributed by atoms with van der Waals surface area (Å²) in [5, 5.41) is 4.30. The smallest absolute Gasteiger partial charge is 0.278 e. The van der Waals surface area contributed by atoms with Crippen LogP contribution in [-0.4, -0.2) is 41.5 Å². The van der Waals surface area contributed by atoms with Crippen LogP contribution in [0.4, 0.5) is 13.2 Å². The number of benzene rings is 1. The Balaban J connectivity index is 2.00. The molecule has 0 N–H and O–H groups in total. The SMILES string of the molecule is CCS(=O)(=O)c1cn(-c2ccc(F)cc2)nc1-c1ccc(OCC(C)(F)F)cn1. The molecule has 154 valence electrons. The van der Waals surface area contributed by atoms with Gasteiger partial charge in [0.15, 0.2) is 16.4 Å². The van der Waals surface area contributed by atoms with Crippen LogP contribution in [0.15, 0.2) is 53.7 Å². The largest absolute Gasteiger partial charge is 0.486 e. The number of hydrogen-bond acceptors (Lipinski definition) is 5.